The van der Waals surface area contributed by atoms with E-state index in [1.54, 1.807) is 12.1 Å². The Morgan fingerprint density at radius 2 is 1.95 bits per heavy atom. The second-order valence-electron chi connectivity index (χ2n) is 4.46. The SMILES string of the molecule is COc1ccc(Cn2ccc3ccccc32)c(F)c1. The number of para-hydroxylation sites is 1. The maximum atomic E-state index is 13.9. The van der Waals surface area contributed by atoms with E-state index >= 15 is 0 Å². The number of fused-ring (bicyclic) bond motifs is 1. The minimum atomic E-state index is -0.239. The summed E-state index contributed by atoms with van der Waals surface area (Å²) in [4.78, 5) is 0. The van der Waals surface area contributed by atoms with Crippen LogP contribution in [0, 0.1) is 5.82 Å². The molecule has 0 radical (unpaired) electrons. The molecule has 3 heteroatoms. The van der Waals surface area contributed by atoms with Crippen LogP contribution in [-0.2, 0) is 6.54 Å². The number of halogens is 1. The van der Waals surface area contributed by atoms with Crippen LogP contribution in [0.5, 0.6) is 5.75 Å². The van der Waals surface area contributed by atoms with Gasteiger partial charge in [0.15, 0.2) is 0 Å². The summed E-state index contributed by atoms with van der Waals surface area (Å²) in [6.45, 7) is 0.517. The number of aromatic nitrogens is 1. The molecule has 0 amide bonds. The van der Waals surface area contributed by atoms with Gasteiger partial charge in [-0.05, 0) is 23.6 Å². The van der Waals surface area contributed by atoms with Crippen molar-refractivity contribution >= 4 is 10.9 Å². The smallest absolute Gasteiger partial charge is 0.131 e. The van der Waals surface area contributed by atoms with Crippen LogP contribution < -0.4 is 4.74 Å². The molecule has 1 heterocycles. The number of methoxy groups -OCH3 is 1. The molecule has 0 N–H and O–H groups in total. The predicted molar refractivity (Wildman–Crippen MR) is 74.0 cm³/mol. The Kier molecular flexibility index (Phi) is 2.95. The Hall–Kier alpha value is -2.29. The van der Waals surface area contributed by atoms with Gasteiger partial charge >= 0.3 is 0 Å². The Morgan fingerprint density at radius 3 is 2.74 bits per heavy atom. The van der Waals surface area contributed by atoms with E-state index in [-0.39, 0.29) is 5.82 Å². The Labute approximate surface area is 111 Å². The molecule has 0 bridgehead atoms. The highest BCUT2D eigenvalue weighted by Crippen LogP contribution is 2.20. The lowest BCUT2D eigenvalue weighted by atomic mass is 10.2. The molecule has 19 heavy (non-hydrogen) atoms. The molecule has 96 valence electrons. The summed E-state index contributed by atoms with van der Waals surface area (Å²) in [6.07, 6.45) is 1.98. The first kappa shape index (κ1) is 11.8. The van der Waals surface area contributed by atoms with Crippen LogP contribution in [0.2, 0.25) is 0 Å². The lowest BCUT2D eigenvalue weighted by Crippen LogP contribution is -2.00. The third kappa shape index (κ3) is 2.19. The monoisotopic (exact) mass is 255 g/mol. The Morgan fingerprint density at radius 1 is 1.11 bits per heavy atom. The molecule has 0 saturated carbocycles. The Balaban J connectivity index is 1.97. The average Bonchev–Trinajstić information content (AvgIpc) is 2.84. The van der Waals surface area contributed by atoms with Crippen LogP contribution in [0.25, 0.3) is 10.9 Å². The minimum Gasteiger partial charge on any atom is -0.497 e. The first-order valence-electron chi connectivity index (χ1n) is 6.14. The highest BCUT2D eigenvalue weighted by Gasteiger charge is 2.06. The van der Waals surface area contributed by atoms with Crippen molar-refractivity contribution in [3.05, 3.63) is 66.1 Å². The summed E-state index contributed by atoms with van der Waals surface area (Å²) in [7, 11) is 1.54. The molecule has 0 spiro atoms. The fourth-order valence-electron chi connectivity index (χ4n) is 2.25. The van der Waals surface area contributed by atoms with Gasteiger partial charge < -0.3 is 9.30 Å². The van der Waals surface area contributed by atoms with Gasteiger partial charge in [0.25, 0.3) is 0 Å². The molecule has 0 saturated heterocycles. The van der Waals surface area contributed by atoms with Crippen LogP contribution in [0.3, 0.4) is 0 Å². The molecule has 2 nitrogen and oxygen atoms in total. The number of hydrogen-bond acceptors (Lipinski definition) is 1. The summed E-state index contributed by atoms with van der Waals surface area (Å²) in [5, 5.41) is 1.16. The zero-order valence-electron chi connectivity index (χ0n) is 10.6. The van der Waals surface area contributed by atoms with Gasteiger partial charge in [0.2, 0.25) is 0 Å². The van der Waals surface area contributed by atoms with E-state index in [1.807, 2.05) is 35.0 Å². The topological polar surface area (TPSA) is 14.2 Å². The van der Waals surface area contributed by atoms with E-state index in [0.717, 1.165) is 10.9 Å². The first-order valence-corrected chi connectivity index (χ1v) is 6.14. The maximum Gasteiger partial charge on any atom is 0.131 e. The molecule has 0 fully saturated rings. The Bertz CT molecular complexity index is 718. The average molecular weight is 255 g/mol. The van der Waals surface area contributed by atoms with E-state index in [2.05, 4.69) is 6.07 Å². The lowest BCUT2D eigenvalue weighted by Gasteiger charge is -2.08. The molecule has 0 aliphatic heterocycles. The zero-order valence-corrected chi connectivity index (χ0v) is 10.6. The maximum absolute atomic E-state index is 13.9. The molecule has 0 atom stereocenters. The molecule has 2 aromatic carbocycles. The summed E-state index contributed by atoms with van der Waals surface area (Å²) in [5.41, 5.74) is 1.76. The van der Waals surface area contributed by atoms with Crippen molar-refractivity contribution in [2.24, 2.45) is 0 Å². The molecule has 3 aromatic rings. The van der Waals surface area contributed by atoms with Gasteiger partial charge in [-0.2, -0.15) is 0 Å². The number of ether oxygens (including phenoxy) is 1. The van der Waals surface area contributed by atoms with Gasteiger partial charge in [0.05, 0.1) is 13.7 Å². The van der Waals surface area contributed by atoms with E-state index in [4.69, 9.17) is 4.74 Å². The minimum absolute atomic E-state index is 0.239. The van der Waals surface area contributed by atoms with Gasteiger partial charge in [-0.3, -0.25) is 0 Å². The molecule has 0 aliphatic carbocycles. The number of hydrogen-bond donors (Lipinski definition) is 0. The number of rotatable bonds is 3. The van der Waals surface area contributed by atoms with E-state index < -0.39 is 0 Å². The molecular formula is C16H14FNO. The van der Waals surface area contributed by atoms with Gasteiger partial charge in [0.1, 0.15) is 11.6 Å². The highest BCUT2D eigenvalue weighted by molar-refractivity contribution is 5.80. The quantitative estimate of drug-likeness (QED) is 0.693. The zero-order chi connectivity index (χ0) is 13.2. The molecule has 3 rings (SSSR count). The second kappa shape index (κ2) is 4.76. The second-order valence-corrected chi connectivity index (χ2v) is 4.46. The van der Waals surface area contributed by atoms with Crippen LogP contribution in [-0.4, -0.2) is 11.7 Å². The first-order chi connectivity index (χ1) is 9.28. The van der Waals surface area contributed by atoms with E-state index in [1.165, 1.54) is 13.2 Å². The summed E-state index contributed by atoms with van der Waals surface area (Å²) in [6, 6.07) is 15.1. The lowest BCUT2D eigenvalue weighted by molar-refractivity contribution is 0.410. The highest BCUT2D eigenvalue weighted by atomic mass is 19.1. The van der Waals surface area contributed by atoms with Gasteiger partial charge in [0, 0.05) is 23.3 Å². The van der Waals surface area contributed by atoms with Crippen LogP contribution in [0.4, 0.5) is 4.39 Å². The van der Waals surface area contributed by atoms with E-state index in [9.17, 15) is 4.39 Å². The van der Waals surface area contributed by atoms with Crippen molar-refractivity contribution in [2.45, 2.75) is 6.54 Å². The fourth-order valence-corrected chi connectivity index (χ4v) is 2.25. The normalized spacial score (nSPS) is 10.8. The largest absolute Gasteiger partial charge is 0.497 e. The van der Waals surface area contributed by atoms with Crippen molar-refractivity contribution in [3.63, 3.8) is 0 Å². The van der Waals surface area contributed by atoms with Crippen LogP contribution >= 0.6 is 0 Å². The standard InChI is InChI=1S/C16H14FNO/c1-19-14-7-6-13(15(17)10-14)11-18-9-8-12-4-2-3-5-16(12)18/h2-10H,11H2,1H3. The summed E-state index contributed by atoms with van der Waals surface area (Å²) >= 11 is 0. The summed E-state index contributed by atoms with van der Waals surface area (Å²) < 4.78 is 21.0. The molecular weight excluding hydrogens is 241 g/mol. The fraction of sp³-hybridized carbons (Fsp3) is 0.125. The van der Waals surface area contributed by atoms with Crippen LogP contribution in [0.1, 0.15) is 5.56 Å². The van der Waals surface area contributed by atoms with Crippen molar-refractivity contribution in [2.75, 3.05) is 7.11 Å². The predicted octanol–water partition coefficient (Wildman–Crippen LogP) is 3.84. The van der Waals surface area contributed by atoms with Crippen molar-refractivity contribution in [1.29, 1.82) is 0 Å². The van der Waals surface area contributed by atoms with Crippen molar-refractivity contribution < 1.29 is 9.13 Å². The number of nitrogens with zero attached hydrogens (tertiary/aromatic N) is 1. The number of benzene rings is 2. The third-order valence-electron chi connectivity index (χ3n) is 3.28. The van der Waals surface area contributed by atoms with Crippen LogP contribution in [0.15, 0.2) is 54.7 Å². The van der Waals surface area contributed by atoms with Gasteiger partial charge in [-0.25, -0.2) is 4.39 Å². The summed E-state index contributed by atoms with van der Waals surface area (Å²) in [5.74, 6) is 0.302. The van der Waals surface area contributed by atoms with E-state index in [0.29, 0.717) is 17.9 Å². The molecule has 0 aliphatic rings. The molecule has 0 unspecified atom stereocenters. The van der Waals surface area contributed by atoms with Crippen molar-refractivity contribution in [1.82, 2.24) is 4.57 Å². The van der Waals surface area contributed by atoms with Gasteiger partial charge in [-0.15, -0.1) is 0 Å². The third-order valence-corrected chi connectivity index (χ3v) is 3.28. The van der Waals surface area contributed by atoms with Gasteiger partial charge in [-0.1, -0.05) is 24.3 Å². The molecule has 1 aromatic heterocycles. The van der Waals surface area contributed by atoms with Crippen molar-refractivity contribution in [3.8, 4) is 5.75 Å².